The van der Waals surface area contributed by atoms with Gasteiger partial charge in [0.25, 0.3) is 0 Å². The fourth-order valence-electron chi connectivity index (χ4n) is 7.29. The van der Waals surface area contributed by atoms with Gasteiger partial charge < -0.3 is 35.3 Å². The Labute approximate surface area is 340 Å². The third kappa shape index (κ3) is 11.7. The molecule has 4 N–H and O–H groups in total. The molecule has 4 aromatic carbocycles. The fraction of sp³-hybridized carbons (Fsp3) is 0.319. The van der Waals surface area contributed by atoms with E-state index in [9.17, 15) is 24.3 Å². The Balaban J connectivity index is 1.27. The number of benzene rings is 4. The molecule has 5 rings (SSSR count). The SMILES string of the molecule is C=CCC[C@H](NC(=O)OCC1c2ccccc2-c2ccccc21)C(=O)O[C@@H](c1ccccc1)[C@H](COC)NC(=O)[C@@H](CC=C)CC(=O)N[C@@H](CO)Cc1ccccc1. The van der Waals surface area contributed by atoms with Gasteiger partial charge in [-0.05, 0) is 59.1 Å². The zero-order chi connectivity index (χ0) is 41.3. The molecule has 0 unspecified atom stereocenters. The van der Waals surface area contributed by atoms with Crippen LogP contribution in [0.25, 0.3) is 11.1 Å². The van der Waals surface area contributed by atoms with Crippen LogP contribution in [-0.4, -0.2) is 74.0 Å². The fourth-order valence-corrected chi connectivity index (χ4v) is 7.29. The highest BCUT2D eigenvalue weighted by Gasteiger charge is 2.35. The van der Waals surface area contributed by atoms with Gasteiger partial charge in [-0.15, -0.1) is 13.2 Å². The maximum absolute atomic E-state index is 14.0. The first kappa shape index (κ1) is 43.1. The maximum Gasteiger partial charge on any atom is 0.407 e. The Morgan fingerprint density at radius 3 is 2.02 bits per heavy atom. The molecule has 0 spiro atoms. The average molecular weight is 788 g/mol. The molecule has 0 aliphatic heterocycles. The van der Waals surface area contributed by atoms with Crippen LogP contribution in [0.2, 0.25) is 0 Å². The van der Waals surface area contributed by atoms with Gasteiger partial charge in [-0.25, -0.2) is 9.59 Å². The molecule has 11 nitrogen and oxygen atoms in total. The summed E-state index contributed by atoms with van der Waals surface area (Å²) in [6.07, 6.45) is 2.39. The number of aliphatic hydroxyl groups is 1. The molecule has 0 bridgehead atoms. The van der Waals surface area contributed by atoms with Crippen LogP contribution in [-0.2, 0) is 35.0 Å². The molecular weight excluding hydrogens is 735 g/mol. The molecule has 0 heterocycles. The number of rotatable bonds is 22. The number of alkyl carbamates (subject to hydrolysis) is 1. The largest absolute Gasteiger partial charge is 0.454 e. The van der Waals surface area contributed by atoms with Crippen molar-refractivity contribution in [2.75, 3.05) is 26.9 Å². The lowest BCUT2D eigenvalue weighted by Gasteiger charge is -2.30. The van der Waals surface area contributed by atoms with Gasteiger partial charge >= 0.3 is 12.1 Å². The number of nitrogens with one attached hydrogen (secondary N) is 3. The zero-order valence-electron chi connectivity index (χ0n) is 32.9. The van der Waals surface area contributed by atoms with Gasteiger partial charge in [0, 0.05) is 19.4 Å². The summed E-state index contributed by atoms with van der Waals surface area (Å²) in [7, 11) is 1.46. The lowest BCUT2D eigenvalue weighted by molar-refractivity contribution is -0.155. The van der Waals surface area contributed by atoms with Crippen LogP contribution >= 0.6 is 0 Å². The van der Waals surface area contributed by atoms with Gasteiger partial charge in [0.1, 0.15) is 18.8 Å². The van der Waals surface area contributed by atoms with Crippen LogP contribution in [0.5, 0.6) is 0 Å². The normalized spacial score (nSPS) is 14.3. The number of methoxy groups -OCH3 is 1. The van der Waals surface area contributed by atoms with Crippen molar-refractivity contribution in [1.29, 1.82) is 0 Å². The molecule has 0 radical (unpaired) electrons. The van der Waals surface area contributed by atoms with E-state index >= 15 is 0 Å². The van der Waals surface area contributed by atoms with E-state index in [1.54, 1.807) is 36.4 Å². The first-order chi connectivity index (χ1) is 28.3. The van der Waals surface area contributed by atoms with Crippen molar-refractivity contribution in [3.05, 3.63) is 157 Å². The molecule has 0 saturated heterocycles. The minimum Gasteiger partial charge on any atom is -0.454 e. The maximum atomic E-state index is 14.0. The summed E-state index contributed by atoms with van der Waals surface area (Å²) in [6, 6.07) is 31.9. The Kier molecular flexibility index (Phi) is 16.4. The third-order valence-electron chi connectivity index (χ3n) is 10.2. The number of carbonyl (C=O) groups excluding carboxylic acids is 4. The molecule has 304 valence electrons. The van der Waals surface area contributed by atoms with E-state index in [0.29, 0.717) is 18.4 Å². The van der Waals surface area contributed by atoms with Crippen molar-refractivity contribution in [3.8, 4) is 11.1 Å². The molecule has 0 fully saturated rings. The highest BCUT2D eigenvalue weighted by Crippen LogP contribution is 2.44. The van der Waals surface area contributed by atoms with E-state index in [2.05, 4.69) is 41.2 Å². The van der Waals surface area contributed by atoms with Gasteiger partial charge in [-0.3, -0.25) is 9.59 Å². The van der Waals surface area contributed by atoms with Crippen molar-refractivity contribution >= 4 is 23.9 Å². The number of carbonyl (C=O) groups is 4. The molecule has 1 aliphatic carbocycles. The Morgan fingerprint density at radius 2 is 1.41 bits per heavy atom. The van der Waals surface area contributed by atoms with Gasteiger partial charge in [0.15, 0.2) is 0 Å². The summed E-state index contributed by atoms with van der Waals surface area (Å²) >= 11 is 0. The van der Waals surface area contributed by atoms with E-state index in [0.717, 1.165) is 27.8 Å². The Hall–Kier alpha value is -6.04. The number of hydrogen-bond acceptors (Lipinski definition) is 8. The summed E-state index contributed by atoms with van der Waals surface area (Å²) in [5.41, 5.74) is 5.83. The lowest BCUT2D eigenvalue weighted by Crippen LogP contribution is -2.49. The van der Waals surface area contributed by atoms with Gasteiger partial charge in [-0.1, -0.05) is 121 Å². The molecule has 4 aromatic rings. The first-order valence-electron chi connectivity index (χ1n) is 19.6. The van der Waals surface area contributed by atoms with Crippen molar-refractivity contribution in [1.82, 2.24) is 16.0 Å². The second kappa shape index (κ2) is 22.0. The predicted octanol–water partition coefficient (Wildman–Crippen LogP) is 6.58. The van der Waals surface area contributed by atoms with Crippen LogP contribution in [0.15, 0.2) is 135 Å². The molecule has 0 aromatic heterocycles. The smallest absolute Gasteiger partial charge is 0.407 e. The molecule has 0 saturated carbocycles. The van der Waals surface area contributed by atoms with Crippen LogP contribution in [0, 0.1) is 5.92 Å². The number of amides is 3. The van der Waals surface area contributed by atoms with Gasteiger partial charge in [-0.2, -0.15) is 0 Å². The second-order valence-corrected chi connectivity index (χ2v) is 14.3. The van der Waals surface area contributed by atoms with Gasteiger partial charge in [0.2, 0.25) is 11.8 Å². The van der Waals surface area contributed by atoms with Crippen LogP contribution in [0.1, 0.15) is 60.0 Å². The number of esters is 1. The Morgan fingerprint density at radius 1 is 0.793 bits per heavy atom. The predicted molar refractivity (Wildman–Crippen MR) is 223 cm³/mol. The number of ether oxygens (including phenoxy) is 3. The molecule has 58 heavy (non-hydrogen) atoms. The lowest BCUT2D eigenvalue weighted by atomic mass is 9.97. The highest BCUT2D eigenvalue weighted by molar-refractivity contribution is 5.86. The van der Waals surface area contributed by atoms with Crippen molar-refractivity contribution in [3.63, 3.8) is 0 Å². The second-order valence-electron chi connectivity index (χ2n) is 14.3. The van der Waals surface area contributed by atoms with E-state index in [1.165, 1.54) is 7.11 Å². The van der Waals surface area contributed by atoms with E-state index in [1.807, 2.05) is 72.8 Å². The minimum atomic E-state index is -1.11. The highest BCUT2D eigenvalue weighted by atomic mass is 16.6. The van der Waals surface area contributed by atoms with Crippen molar-refractivity contribution in [2.24, 2.45) is 5.92 Å². The summed E-state index contributed by atoms with van der Waals surface area (Å²) in [4.78, 5) is 54.5. The van der Waals surface area contributed by atoms with Crippen LogP contribution in [0.4, 0.5) is 4.79 Å². The summed E-state index contributed by atoms with van der Waals surface area (Å²) in [6.45, 7) is 7.31. The van der Waals surface area contributed by atoms with E-state index < -0.39 is 54.0 Å². The molecule has 1 aliphatic rings. The number of allylic oxidation sites excluding steroid dienone is 2. The Bertz CT molecular complexity index is 1940. The molecule has 3 amide bonds. The van der Waals surface area contributed by atoms with E-state index in [4.69, 9.17) is 14.2 Å². The summed E-state index contributed by atoms with van der Waals surface area (Å²) < 4.78 is 17.4. The van der Waals surface area contributed by atoms with E-state index in [-0.39, 0.29) is 45.0 Å². The number of fused-ring (bicyclic) bond motifs is 3. The number of aliphatic hydroxyl groups excluding tert-OH is 1. The first-order valence-corrected chi connectivity index (χ1v) is 19.6. The average Bonchev–Trinajstić information content (AvgIpc) is 3.56. The zero-order valence-corrected chi connectivity index (χ0v) is 32.9. The molecule has 5 atom stereocenters. The molecular formula is C47H53N3O8. The monoisotopic (exact) mass is 787 g/mol. The minimum absolute atomic E-state index is 0.0492. The van der Waals surface area contributed by atoms with Gasteiger partial charge in [0.05, 0.1) is 31.2 Å². The number of hydrogen-bond donors (Lipinski definition) is 4. The molecule has 11 heteroatoms. The van der Waals surface area contributed by atoms with Crippen molar-refractivity contribution < 1.29 is 38.5 Å². The topological polar surface area (TPSA) is 152 Å². The summed E-state index contributed by atoms with van der Waals surface area (Å²) in [5, 5.41) is 18.5. The van der Waals surface area contributed by atoms with Crippen molar-refractivity contribution in [2.45, 2.75) is 62.3 Å². The van der Waals surface area contributed by atoms with Crippen LogP contribution < -0.4 is 16.0 Å². The van der Waals surface area contributed by atoms with Crippen LogP contribution in [0.3, 0.4) is 0 Å². The quantitative estimate of drug-likeness (QED) is 0.0516. The summed E-state index contributed by atoms with van der Waals surface area (Å²) in [5.74, 6) is -2.61. The third-order valence-corrected chi connectivity index (χ3v) is 10.2. The standard InChI is InChI=1S/C47H53N3O8/c1-4-6-26-41(50-47(55)57-30-40-38-24-15-13-22-36(38)37-23-14-16-25-39(37)40)46(54)58-44(33-20-11-8-12-21-33)42(31-56-3)49-45(53)34(17-5-2)28-43(52)48-35(29-51)27-32-18-9-7-10-19-32/h4-5,7-16,18-25,34-35,40-42,44,51H,1-2,6,17,26-31H2,3H3,(H,48,52)(H,49,53)(H,50,55)/t34-,35+,41-,42-,44-/m0/s1.